The molecule has 0 saturated heterocycles. The van der Waals surface area contributed by atoms with Gasteiger partial charge in [-0.15, -0.1) is 0 Å². The molecule has 0 spiro atoms. The summed E-state index contributed by atoms with van der Waals surface area (Å²) in [6.45, 7) is 27.1. The van der Waals surface area contributed by atoms with Crippen LogP contribution in [0.4, 0.5) is 0 Å². The topological polar surface area (TPSA) is 237 Å². The number of aromatic carboxylic acids is 1. The molecule has 6 N–H and O–H groups in total. The molecule has 1 amide bonds. The normalized spacial score (nSPS) is 14.9. The minimum Gasteiger partial charge on any atom is -0.478 e. The van der Waals surface area contributed by atoms with Crippen LogP contribution in [0.3, 0.4) is 0 Å². The monoisotopic (exact) mass is 1490 g/mol. The molecule has 0 aliphatic heterocycles. The summed E-state index contributed by atoms with van der Waals surface area (Å²) in [6, 6.07) is 41.8. The van der Waals surface area contributed by atoms with Gasteiger partial charge < -0.3 is 40.3 Å². The third kappa shape index (κ3) is 30.0. The van der Waals surface area contributed by atoms with Crippen LogP contribution in [0.2, 0.25) is 0 Å². The zero-order valence-electron chi connectivity index (χ0n) is 64.7. The first-order chi connectivity index (χ1) is 49.6. The summed E-state index contributed by atoms with van der Waals surface area (Å²) in [6.07, 6.45) is 27.7. The Labute approximate surface area is 632 Å². The number of amides is 1. The molecule has 564 valence electrons. The van der Waals surface area contributed by atoms with Crippen molar-refractivity contribution in [2.45, 2.75) is 260 Å². The van der Waals surface area contributed by atoms with Gasteiger partial charge in [-0.3, -0.25) is 14.4 Å². The predicted octanol–water partition coefficient (Wildman–Crippen LogP) is 21.1. The number of pyridine rings is 2. The third-order valence-corrected chi connectivity index (χ3v) is 19.2. The summed E-state index contributed by atoms with van der Waals surface area (Å²) >= 11 is 3.30. The number of ether oxygens (including phenoxy) is 3. The van der Waals surface area contributed by atoms with Crippen LogP contribution in [0.15, 0.2) is 165 Å². The molecular weight excluding hydrogens is 1380 g/mol. The number of aromatic nitrogens is 2. The molecule has 15 nitrogen and oxygen atoms in total. The Kier molecular flexibility index (Phi) is 33.5. The Bertz CT molecular complexity index is 4130. The van der Waals surface area contributed by atoms with Crippen molar-refractivity contribution in [3.8, 4) is 0 Å². The van der Waals surface area contributed by atoms with Gasteiger partial charge in [0.2, 0.25) is 0 Å². The highest BCUT2D eigenvalue weighted by molar-refractivity contribution is 9.10. The Hall–Kier alpha value is -8.73. The maximum atomic E-state index is 12.3. The molecule has 0 atom stereocenters. The van der Waals surface area contributed by atoms with Crippen molar-refractivity contribution in [3.63, 3.8) is 0 Å². The van der Waals surface area contributed by atoms with Gasteiger partial charge in [-0.2, -0.15) is 0 Å². The molecule has 12 rings (SSSR count). The van der Waals surface area contributed by atoms with Crippen LogP contribution in [0.25, 0.3) is 5.57 Å². The smallest absolute Gasteiger partial charge is 0.338 e. The number of allylic oxidation sites excluding steroid dienone is 4. The molecule has 3 saturated carbocycles. The van der Waals surface area contributed by atoms with Gasteiger partial charge in [0.25, 0.3) is 17.0 Å². The largest absolute Gasteiger partial charge is 0.478 e. The lowest BCUT2D eigenvalue weighted by molar-refractivity contribution is 0.00570. The van der Waals surface area contributed by atoms with Crippen LogP contribution in [-0.2, 0) is 27.3 Å². The van der Waals surface area contributed by atoms with Crippen molar-refractivity contribution in [1.29, 1.82) is 0 Å². The van der Waals surface area contributed by atoms with Crippen molar-refractivity contribution in [2.75, 3.05) is 0 Å². The molecule has 0 bridgehead atoms. The van der Waals surface area contributed by atoms with Crippen LogP contribution in [0.1, 0.15) is 310 Å². The van der Waals surface area contributed by atoms with Crippen molar-refractivity contribution < 1.29 is 43.3 Å². The van der Waals surface area contributed by atoms with Gasteiger partial charge in [0.1, 0.15) is 16.8 Å². The van der Waals surface area contributed by atoms with Crippen molar-refractivity contribution in [1.82, 2.24) is 15.3 Å². The van der Waals surface area contributed by atoms with Gasteiger partial charge in [0, 0.05) is 45.6 Å². The fraction of sp³-hybridized carbons (Fsp3) is 0.449. The van der Waals surface area contributed by atoms with E-state index in [0.717, 1.165) is 33.4 Å². The Morgan fingerprint density at radius 2 is 0.810 bits per heavy atom. The number of halogens is 1. The second-order valence-corrected chi connectivity index (χ2v) is 32.0. The average Bonchev–Trinajstić information content (AvgIpc) is 1.84. The van der Waals surface area contributed by atoms with Gasteiger partial charge in [-0.25, -0.2) is 19.2 Å². The van der Waals surface area contributed by atoms with Crippen LogP contribution < -0.4 is 22.2 Å². The molecule has 7 aromatic rings. The van der Waals surface area contributed by atoms with E-state index in [-0.39, 0.29) is 41.5 Å². The van der Waals surface area contributed by atoms with E-state index in [1.807, 2.05) is 175 Å². The van der Waals surface area contributed by atoms with E-state index in [0.29, 0.717) is 63.2 Å². The van der Waals surface area contributed by atoms with Gasteiger partial charge in [-0.1, -0.05) is 121 Å². The maximum Gasteiger partial charge on any atom is 0.338 e. The maximum absolute atomic E-state index is 12.3. The molecule has 0 unspecified atom stereocenters. The Morgan fingerprint density at radius 1 is 0.467 bits per heavy atom. The number of carboxylic acids is 1. The van der Waals surface area contributed by atoms with Crippen molar-refractivity contribution >= 4 is 51.3 Å². The number of carboxylic acid groups (broad SMARTS) is 1. The predicted molar refractivity (Wildman–Crippen MR) is 428 cm³/mol. The molecule has 5 aliphatic carbocycles. The van der Waals surface area contributed by atoms with Gasteiger partial charge in [0.05, 0.1) is 22.3 Å². The molecule has 2 aromatic heterocycles. The highest BCUT2D eigenvalue weighted by Crippen LogP contribution is 2.37. The summed E-state index contributed by atoms with van der Waals surface area (Å²) in [7, 11) is 0. The molecule has 5 aromatic carbocycles. The Morgan fingerprint density at radius 3 is 1.12 bits per heavy atom. The van der Waals surface area contributed by atoms with E-state index in [9.17, 15) is 33.6 Å². The van der Waals surface area contributed by atoms with Crippen molar-refractivity contribution in [2.24, 2.45) is 5.73 Å². The number of hydrogen-bond acceptors (Lipinski definition) is 11. The van der Waals surface area contributed by atoms with Crippen LogP contribution in [0, 0.1) is 27.7 Å². The number of carbonyl (C=O) groups is 5. The highest BCUT2D eigenvalue weighted by atomic mass is 79.9. The van der Waals surface area contributed by atoms with E-state index in [1.54, 1.807) is 29.8 Å². The average molecular weight is 1500 g/mol. The first-order valence-corrected chi connectivity index (χ1v) is 38.3. The van der Waals surface area contributed by atoms with Crippen LogP contribution in [-0.4, -0.2) is 61.7 Å². The Balaban J connectivity index is 0.000000197. The van der Waals surface area contributed by atoms with E-state index in [1.165, 1.54) is 137 Å². The number of hydrogen-bond donors (Lipinski definition) is 5. The first kappa shape index (κ1) is 85.2. The van der Waals surface area contributed by atoms with E-state index < -0.39 is 22.8 Å². The van der Waals surface area contributed by atoms with E-state index in [2.05, 4.69) is 74.6 Å². The number of aryl methyl sites for hydroxylation is 4. The number of nitrogens with one attached hydrogen (secondary N) is 3. The zero-order chi connectivity index (χ0) is 77.0. The third-order valence-electron chi connectivity index (χ3n) is 18.7. The number of H-pyrrole nitrogens is 2. The number of aromatic amines is 2. The van der Waals surface area contributed by atoms with E-state index >= 15 is 0 Å². The standard InChI is InChI=1S/C20H24N2O2.C16H22O2.C16H20O2.C12H14O2.C11H13BrO2.C8H12N2O.C6H10/c1-13-11-14(2)22-20(24)18(13)12-21-19(23)17-9-7-16(8-10-17)15-5-3-4-6-15;2*1-16(2,3)18-15(17)14-10-8-13(9-11-14)12-6-4-5-7-12;13-12(14)11-7-5-10(6-8-11)9-3-1-2-4-9;1-11(2,3)14-10(13)8-4-6-9(12)7-5-8;1-5-3-6(2)10-8(11)7(5)4-9;1-6-4-2-3-5-6/h7-11,15H,3-6,12H2,1-2H3,(H,21,23)(H,22,24);8-12H,4-7H2,1-3H3;6,8-11H,4-5,7H2,1-3H3;5-9H,1-4H2,(H,13,14);4-7H,1-3H3;3H,4,9H2,1-2H3,(H,10,11);4H,2-3,5H2,1H3. The molecule has 105 heavy (non-hydrogen) atoms. The lowest BCUT2D eigenvalue weighted by Gasteiger charge is -2.19. The lowest BCUT2D eigenvalue weighted by Crippen LogP contribution is -2.27. The van der Waals surface area contributed by atoms with Gasteiger partial charge in [0.15, 0.2) is 0 Å². The number of nitrogens with two attached hydrogens (primary N) is 1. The summed E-state index contributed by atoms with van der Waals surface area (Å²) in [4.78, 5) is 86.8. The molecular formula is C89H115BrN4O11. The number of rotatable bonds is 12. The quantitative estimate of drug-likeness (QED) is 0.0436. The fourth-order valence-corrected chi connectivity index (χ4v) is 13.4. The highest BCUT2D eigenvalue weighted by Gasteiger charge is 2.24. The molecule has 5 aliphatic rings. The van der Waals surface area contributed by atoms with Crippen molar-refractivity contribution in [3.05, 3.63) is 260 Å². The minimum atomic E-state index is -0.844. The van der Waals surface area contributed by atoms with Gasteiger partial charge >= 0.3 is 23.9 Å². The summed E-state index contributed by atoms with van der Waals surface area (Å²) in [5.74, 6) is 0.238. The molecule has 0 radical (unpaired) electrons. The number of benzene rings is 5. The fourth-order valence-electron chi connectivity index (χ4n) is 13.2. The number of esters is 3. The SMILES string of the molecule is CC(C)(C)OC(=O)c1ccc(Br)cc1.CC(C)(C)OC(=O)c1ccc(C2=CCCC2)cc1.CC(C)(C)OC(=O)c1ccc(C2CCCC2)cc1.CC1=CCCC1.Cc1cc(C)c(CN)c(=O)[nH]1.Cc1cc(C)c(CNC(=O)c2ccc(C3CCCC3)cc2)c(=O)[nH]1.O=C(O)c1ccc(C2CCCC2)cc1. The minimum absolute atomic E-state index is 0.0648. The number of carbonyl (C=O) groups excluding carboxylic acids is 4. The van der Waals surface area contributed by atoms with Gasteiger partial charge in [-0.05, 0) is 316 Å². The van der Waals surface area contributed by atoms with Crippen LogP contribution in [0.5, 0.6) is 0 Å². The summed E-state index contributed by atoms with van der Waals surface area (Å²) in [5, 5.41) is 11.6. The molecule has 3 fully saturated rings. The molecule has 16 heteroatoms. The van der Waals surface area contributed by atoms with E-state index in [4.69, 9.17) is 25.1 Å². The first-order valence-electron chi connectivity index (χ1n) is 37.5. The summed E-state index contributed by atoms with van der Waals surface area (Å²) in [5.41, 5.74) is 19.8. The lowest BCUT2D eigenvalue weighted by atomic mass is 9.96. The second kappa shape index (κ2) is 41.2. The second-order valence-electron chi connectivity index (χ2n) is 31.0. The molecule has 2 heterocycles. The zero-order valence-corrected chi connectivity index (χ0v) is 66.3. The summed E-state index contributed by atoms with van der Waals surface area (Å²) < 4.78 is 16.8. The van der Waals surface area contributed by atoms with Crippen LogP contribution >= 0.6 is 15.9 Å².